The zero-order valence-corrected chi connectivity index (χ0v) is 41.9. The summed E-state index contributed by atoms with van der Waals surface area (Å²) in [5.41, 5.74) is 3.00. The summed E-state index contributed by atoms with van der Waals surface area (Å²) < 4.78 is 39.4. The topological polar surface area (TPSA) is 152 Å². The molecule has 4 aliphatic rings. The molecule has 1 N–H and O–H groups in total. The SMILES string of the molecule is C=CCC1/C=C(\C)CC(C)CC(OC)C2OC(O)(C(=O)C(=O)N3CCCCC3C(=O)OC(C(C)=CC3CCC(Oc4ccc5c(ccn5CC=C)c4)C(OC)C3)C(C)CCC1=O)C(C)CC2OC. The molecule has 13 heteroatoms. The maximum atomic E-state index is 14.6. The van der Waals surface area contributed by atoms with Gasteiger partial charge in [0.2, 0.25) is 5.79 Å². The van der Waals surface area contributed by atoms with Gasteiger partial charge in [-0.05, 0) is 132 Å². The quantitative estimate of drug-likeness (QED) is 0.131. The van der Waals surface area contributed by atoms with Gasteiger partial charge in [0.15, 0.2) is 0 Å². The molecule has 2 saturated heterocycles. The summed E-state index contributed by atoms with van der Waals surface area (Å²) in [6.07, 6.45) is 13.2. The van der Waals surface area contributed by atoms with Crippen molar-refractivity contribution in [2.24, 2.45) is 29.6 Å². The van der Waals surface area contributed by atoms with E-state index in [-0.39, 0.29) is 67.5 Å². The van der Waals surface area contributed by atoms with Crippen LogP contribution in [0.15, 0.2) is 79.1 Å². The monoisotopic (exact) mass is 943 g/mol. The Morgan fingerprint density at radius 1 is 0.897 bits per heavy atom. The van der Waals surface area contributed by atoms with Gasteiger partial charge in [-0.1, -0.05) is 50.6 Å². The predicted octanol–water partition coefficient (Wildman–Crippen LogP) is 8.90. The number of aromatic nitrogens is 1. The fourth-order valence-electron chi connectivity index (χ4n) is 11.3. The summed E-state index contributed by atoms with van der Waals surface area (Å²) in [6.45, 7) is 18.4. The Labute approximate surface area is 404 Å². The van der Waals surface area contributed by atoms with Crippen LogP contribution in [0.3, 0.4) is 0 Å². The maximum Gasteiger partial charge on any atom is 0.329 e. The number of nitrogens with zero attached hydrogens (tertiary/aromatic N) is 2. The van der Waals surface area contributed by atoms with Crippen LogP contribution >= 0.6 is 0 Å². The first-order chi connectivity index (χ1) is 32.5. The van der Waals surface area contributed by atoms with Crippen molar-refractivity contribution in [2.45, 2.75) is 167 Å². The Bertz CT molecular complexity index is 2160. The normalized spacial score (nSPS) is 35.1. The number of methoxy groups -OCH3 is 3. The Kier molecular flexibility index (Phi) is 18.6. The molecular formula is C55H78N2O11. The second-order valence-corrected chi connectivity index (χ2v) is 20.2. The average molecular weight is 943 g/mol. The van der Waals surface area contributed by atoms with Gasteiger partial charge in [-0.25, -0.2) is 4.79 Å². The molecule has 3 aliphatic heterocycles. The predicted molar refractivity (Wildman–Crippen MR) is 262 cm³/mol. The molecule has 3 fully saturated rings. The van der Waals surface area contributed by atoms with E-state index in [1.807, 2.05) is 45.2 Å². The van der Waals surface area contributed by atoms with Crippen LogP contribution < -0.4 is 4.74 Å². The van der Waals surface area contributed by atoms with Crippen LogP contribution in [0.1, 0.15) is 112 Å². The Balaban J connectivity index is 1.28. The molecular weight excluding hydrogens is 865 g/mol. The van der Waals surface area contributed by atoms with Crippen LogP contribution in [0, 0.1) is 29.6 Å². The lowest BCUT2D eigenvalue weighted by molar-refractivity contribution is -0.302. The van der Waals surface area contributed by atoms with Crippen LogP contribution in [0.2, 0.25) is 0 Å². The van der Waals surface area contributed by atoms with Crippen molar-refractivity contribution in [3.05, 3.63) is 79.1 Å². The minimum Gasteiger partial charge on any atom is -0.488 e. The largest absolute Gasteiger partial charge is 0.488 e. The van der Waals surface area contributed by atoms with Gasteiger partial charge in [0.1, 0.15) is 35.9 Å². The van der Waals surface area contributed by atoms with E-state index in [4.69, 9.17) is 28.4 Å². The number of cyclic esters (lactones) is 1. The Morgan fingerprint density at radius 2 is 1.63 bits per heavy atom. The molecule has 6 rings (SSSR count). The number of hydrogen-bond acceptors (Lipinski definition) is 11. The number of fused-ring (bicyclic) bond motifs is 4. The molecule has 13 atom stereocenters. The molecule has 4 heterocycles. The number of aliphatic hydroxyl groups is 1. The molecule has 0 radical (unpaired) electrons. The number of allylic oxidation sites excluding steroid dienone is 5. The lowest BCUT2D eigenvalue weighted by Crippen LogP contribution is -2.64. The number of amides is 1. The first-order valence-corrected chi connectivity index (χ1v) is 25.0. The molecule has 2 aromatic rings. The van der Waals surface area contributed by atoms with Crippen molar-refractivity contribution in [3.8, 4) is 5.75 Å². The number of carbonyl (C=O) groups excluding carboxylic acids is 4. The molecule has 1 amide bonds. The second kappa shape index (κ2) is 23.9. The van der Waals surface area contributed by atoms with Gasteiger partial charge in [0.05, 0.1) is 18.3 Å². The summed E-state index contributed by atoms with van der Waals surface area (Å²) in [4.78, 5) is 58.7. The van der Waals surface area contributed by atoms with Crippen molar-refractivity contribution in [3.63, 3.8) is 0 Å². The second-order valence-electron chi connectivity index (χ2n) is 20.2. The van der Waals surface area contributed by atoms with E-state index in [1.165, 1.54) is 4.90 Å². The smallest absolute Gasteiger partial charge is 0.329 e. The molecule has 1 aliphatic carbocycles. The Morgan fingerprint density at radius 3 is 2.34 bits per heavy atom. The number of Topliss-reactive ketones (excluding diaryl/α,β-unsaturated/α-hetero) is 2. The van der Waals surface area contributed by atoms with Crippen molar-refractivity contribution < 1.29 is 52.7 Å². The van der Waals surface area contributed by atoms with Crippen molar-refractivity contribution >= 4 is 34.3 Å². The van der Waals surface area contributed by atoms with E-state index < -0.39 is 59.8 Å². The van der Waals surface area contributed by atoms with Crippen LogP contribution in [-0.4, -0.2) is 114 Å². The number of ketones is 2. The third-order valence-electron chi connectivity index (χ3n) is 15.1. The van der Waals surface area contributed by atoms with E-state index in [2.05, 4.69) is 48.9 Å². The highest BCUT2D eigenvalue weighted by Crippen LogP contribution is 2.40. The molecule has 68 heavy (non-hydrogen) atoms. The number of benzene rings is 1. The molecule has 13 unspecified atom stereocenters. The van der Waals surface area contributed by atoms with Crippen molar-refractivity contribution in [2.75, 3.05) is 27.9 Å². The Hall–Kier alpha value is -4.40. The summed E-state index contributed by atoms with van der Waals surface area (Å²) in [5, 5.41) is 13.3. The number of rotatable bonds is 11. The highest BCUT2D eigenvalue weighted by Gasteiger charge is 2.56. The van der Waals surface area contributed by atoms with Crippen LogP contribution in [0.5, 0.6) is 5.75 Å². The molecule has 2 bridgehead atoms. The average Bonchev–Trinajstić information content (AvgIpc) is 3.73. The van der Waals surface area contributed by atoms with E-state index in [0.717, 1.165) is 47.2 Å². The number of esters is 1. The third-order valence-corrected chi connectivity index (χ3v) is 15.1. The minimum absolute atomic E-state index is 0.0572. The first kappa shape index (κ1) is 53.0. The van der Waals surface area contributed by atoms with Gasteiger partial charge in [0, 0.05) is 69.8 Å². The number of ether oxygens (including phenoxy) is 6. The fraction of sp³-hybridized carbons (Fsp3) is 0.636. The van der Waals surface area contributed by atoms with Crippen LogP contribution in [0.25, 0.3) is 10.9 Å². The molecule has 374 valence electrons. The maximum absolute atomic E-state index is 14.6. The first-order valence-electron chi connectivity index (χ1n) is 25.0. The summed E-state index contributed by atoms with van der Waals surface area (Å²) >= 11 is 0. The highest BCUT2D eigenvalue weighted by molar-refractivity contribution is 6.39. The zero-order chi connectivity index (χ0) is 49.3. The van der Waals surface area contributed by atoms with Gasteiger partial charge in [-0.3, -0.25) is 14.4 Å². The number of hydrogen-bond donors (Lipinski definition) is 1. The number of carbonyl (C=O) groups is 4. The highest BCUT2D eigenvalue weighted by atomic mass is 16.7. The van der Waals surface area contributed by atoms with Gasteiger partial charge < -0.3 is 43.0 Å². The van der Waals surface area contributed by atoms with Gasteiger partial charge >= 0.3 is 5.97 Å². The molecule has 1 aromatic carbocycles. The minimum atomic E-state index is -2.48. The summed E-state index contributed by atoms with van der Waals surface area (Å²) in [7, 11) is 4.81. The van der Waals surface area contributed by atoms with Crippen LogP contribution in [0.4, 0.5) is 0 Å². The zero-order valence-electron chi connectivity index (χ0n) is 41.9. The van der Waals surface area contributed by atoms with Crippen LogP contribution in [-0.2, 0) is 49.4 Å². The van der Waals surface area contributed by atoms with Gasteiger partial charge in [-0.2, -0.15) is 0 Å². The molecule has 1 saturated carbocycles. The molecule has 1 aromatic heterocycles. The van der Waals surface area contributed by atoms with Gasteiger partial charge in [0.25, 0.3) is 11.7 Å². The summed E-state index contributed by atoms with van der Waals surface area (Å²) in [5.74, 6) is -5.67. The summed E-state index contributed by atoms with van der Waals surface area (Å²) in [6, 6.07) is 7.14. The third kappa shape index (κ3) is 12.3. The van der Waals surface area contributed by atoms with Crippen molar-refractivity contribution in [1.29, 1.82) is 0 Å². The number of piperidine rings is 1. The van der Waals surface area contributed by atoms with Crippen molar-refractivity contribution in [1.82, 2.24) is 9.47 Å². The van der Waals surface area contributed by atoms with E-state index in [1.54, 1.807) is 34.3 Å². The lowest BCUT2D eigenvalue weighted by atomic mass is 9.82. The molecule has 0 spiro atoms. The van der Waals surface area contributed by atoms with E-state index in [0.29, 0.717) is 44.9 Å². The van der Waals surface area contributed by atoms with E-state index >= 15 is 0 Å². The van der Waals surface area contributed by atoms with Gasteiger partial charge in [-0.15, -0.1) is 13.2 Å². The van der Waals surface area contributed by atoms with E-state index in [9.17, 15) is 24.3 Å². The molecule has 13 nitrogen and oxygen atoms in total. The standard InChI is InChI=1S/C55H78N2O11/c1-11-15-41-28-34(3)27-35(4)29-48(64-9)51-49(65-10)31-38(7)55(62,68-51)52(59)53(60)57-25-14-13-16-44(57)54(61)67-50(36(5)17-21-45(41)58)37(6)30-39-18-22-46(47(32-39)63-8)66-42-19-20-43-40(33-42)23-26-56(43)24-12-2/h11-12,19-20,23,26,28,30,33,35-36,38-39,41,44,46-51,62H,1-2,13-18,21-22,24-25,27,29,31-32H2,3-10H3/b34-28+,37-30?. The lowest BCUT2D eigenvalue weighted by Gasteiger charge is -2.47. The fourth-order valence-corrected chi connectivity index (χ4v) is 11.3.